The third-order valence-electron chi connectivity index (χ3n) is 4.17. The number of rotatable bonds is 4. The molecule has 1 aliphatic heterocycles. The van der Waals surface area contributed by atoms with Crippen molar-refractivity contribution in [2.24, 2.45) is 5.92 Å². The van der Waals surface area contributed by atoms with Gasteiger partial charge in [-0.1, -0.05) is 13.0 Å². The molecular weight excluding hydrogens is 269 g/mol. The minimum absolute atomic E-state index is 0.100. The Bertz CT molecular complexity index is 697. The summed E-state index contributed by atoms with van der Waals surface area (Å²) >= 11 is 0. The number of hydrogen-bond donors (Lipinski definition) is 0. The van der Waals surface area contributed by atoms with Gasteiger partial charge in [-0.2, -0.15) is 0 Å². The zero-order valence-electron chi connectivity index (χ0n) is 12.3. The maximum absolute atomic E-state index is 13.8. The maximum atomic E-state index is 13.8. The molecule has 0 aliphatic carbocycles. The molecule has 0 N–H and O–H groups in total. The molecule has 1 aliphatic rings. The van der Waals surface area contributed by atoms with Crippen molar-refractivity contribution >= 4 is 10.9 Å². The van der Waals surface area contributed by atoms with Crippen molar-refractivity contribution < 1.29 is 4.39 Å². The molecule has 0 bridgehead atoms. The molecule has 1 saturated heterocycles. The van der Waals surface area contributed by atoms with Crippen LogP contribution in [0.4, 0.5) is 4.39 Å². The Morgan fingerprint density at radius 2 is 2.29 bits per heavy atom. The Hall–Kier alpha value is -1.75. The van der Waals surface area contributed by atoms with Crippen LogP contribution in [-0.4, -0.2) is 34.1 Å². The Morgan fingerprint density at radius 3 is 3.10 bits per heavy atom. The average Bonchev–Trinajstić information content (AvgIpc) is 2.90. The maximum Gasteiger partial charge on any atom is 0.264 e. The molecule has 1 atom stereocenters. The van der Waals surface area contributed by atoms with Gasteiger partial charge in [0.1, 0.15) is 11.2 Å². The lowest BCUT2D eigenvalue weighted by Crippen LogP contribution is -2.27. The van der Waals surface area contributed by atoms with Gasteiger partial charge in [0, 0.05) is 13.1 Å². The standard InChI is InChI=1S/C16H20FN3O/c1-2-7-19-8-6-12(9-19)10-20-11-18-14-5-3-4-13(17)15(14)16(20)21/h3-5,11-12H,2,6-10H2,1H3/t12-/m0/s1. The van der Waals surface area contributed by atoms with E-state index in [1.54, 1.807) is 23.0 Å². The van der Waals surface area contributed by atoms with Gasteiger partial charge in [0.25, 0.3) is 5.56 Å². The first kappa shape index (κ1) is 14.2. The molecule has 1 aromatic carbocycles. The van der Waals surface area contributed by atoms with Gasteiger partial charge in [-0.25, -0.2) is 9.37 Å². The van der Waals surface area contributed by atoms with E-state index in [1.165, 1.54) is 6.07 Å². The Kier molecular flexibility index (Phi) is 4.01. The van der Waals surface area contributed by atoms with Crippen molar-refractivity contribution in [1.82, 2.24) is 14.5 Å². The third kappa shape index (κ3) is 2.83. The summed E-state index contributed by atoms with van der Waals surface area (Å²) in [4.78, 5) is 19.0. The Labute approximate surface area is 123 Å². The highest BCUT2D eigenvalue weighted by Gasteiger charge is 2.22. The molecule has 2 heterocycles. The van der Waals surface area contributed by atoms with Gasteiger partial charge in [0.15, 0.2) is 0 Å². The van der Waals surface area contributed by atoms with Crippen LogP contribution < -0.4 is 5.56 Å². The lowest BCUT2D eigenvalue weighted by Gasteiger charge is -2.15. The van der Waals surface area contributed by atoms with Crippen LogP contribution >= 0.6 is 0 Å². The van der Waals surface area contributed by atoms with Crippen molar-refractivity contribution in [3.8, 4) is 0 Å². The number of fused-ring (bicyclic) bond motifs is 1. The van der Waals surface area contributed by atoms with Crippen molar-refractivity contribution in [1.29, 1.82) is 0 Å². The van der Waals surface area contributed by atoms with E-state index in [4.69, 9.17) is 0 Å². The molecule has 21 heavy (non-hydrogen) atoms. The monoisotopic (exact) mass is 289 g/mol. The number of likely N-dealkylation sites (tertiary alicyclic amines) is 1. The summed E-state index contributed by atoms with van der Waals surface area (Å²) in [6, 6.07) is 4.56. The van der Waals surface area contributed by atoms with Gasteiger partial charge >= 0.3 is 0 Å². The second kappa shape index (κ2) is 5.93. The van der Waals surface area contributed by atoms with Gasteiger partial charge < -0.3 is 4.90 Å². The quantitative estimate of drug-likeness (QED) is 0.866. The lowest BCUT2D eigenvalue weighted by atomic mass is 10.1. The zero-order chi connectivity index (χ0) is 14.8. The number of nitrogens with zero attached hydrogens (tertiary/aromatic N) is 3. The molecule has 0 amide bonds. The fourth-order valence-corrected chi connectivity index (χ4v) is 3.15. The van der Waals surface area contributed by atoms with Gasteiger partial charge in [-0.3, -0.25) is 9.36 Å². The zero-order valence-corrected chi connectivity index (χ0v) is 12.3. The highest BCUT2D eigenvalue weighted by Crippen LogP contribution is 2.18. The average molecular weight is 289 g/mol. The van der Waals surface area contributed by atoms with Gasteiger partial charge in [-0.15, -0.1) is 0 Å². The first-order valence-electron chi connectivity index (χ1n) is 7.55. The Morgan fingerprint density at radius 1 is 1.43 bits per heavy atom. The fourth-order valence-electron chi connectivity index (χ4n) is 3.15. The van der Waals surface area contributed by atoms with Crippen molar-refractivity contribution in [2.45, 2.75) is 26.3 Å². The molecule has 5 heteroatoms. The number of halogens is 1. The van der Waals surface area contributed by atoms with E-state index in [1.807, 2.05) is 0 Å². The van der Waals surface area contributed by atoms with Gasteiger partial charge in [-0.05, 0) is 44.0 Å². The molecule has 0 saturated carbocycles. The van der Waals surface area contributed by atoms with E-state index in [9.17, 15) is 9.18 Å². The summed E-state index contributed by atoms with van der Waals surface area (Å²) in [5, 5.41) is 0.100. The molecule has 3 rings (SSSR count). The van der Waals surface area contributed by atoms with Gasteiger partial charge in [0.05, 0.1) is 11.8 Å². The van der Waals surface area contributed by atoms with E-state index >= 15 is 0 Å². The smallest absolute Gasteiger partial charge is 0.264 e. The predicted molar refractivity (Wildman–Crippen MR) is 80.8 cm³/mol. The molecule has 112 valence electrons. The van der Waals surface area contributed by atoms with E-state index in [-0.39, 0.29) is 10.9 Å². The van der Waals surface area contributed by atoms with Gasteiger partial charge in [0.2, 0.25) is 0 Å². The topological polar surface area (TPSA) is 38.1 Å². The van der Waals surface area contributed by atoms with Crippen molar-refractivity contribution in [3.63, 3.8) is 0 Å². The number of hydrogen-bond acceptors (Lipinski definition) is 3. The molecule has 0 spiro atoms. The lowest BCUT2D eigenvalue weighted by molar-refractivity contribution is 0.316. The van der Waals surface area contributed by atoms with Crippen LogP contribution in [0.25, 0.3) is 10.9 Å². The minimum atomic E-state index is -0.488. The molecule has 2 aromatic rings. The number of benzene rings is 1. The molecule has 0 unspecified atom stereocenters. The van der Waals surface area contributed by atoms with E-state index in [0.717, 1.165) is 32.5 Å². The summed E-state index contributed by atoms with van der Waals surface area (Å²) in [5.41, 5.74) is 0.155. The summed E-state index contributed by atoms with van der Waals surface area (Å²) in [7, 11) is 0. The van der Waals surface area contributed by atoms with E-state index in [0.29, 0.717) is 18.0 Å². The normalized spacial score (nSPS) is 19.4. The van der Waals surface area contributed by atoms with Crippen LogP contribution in [0.1, 0.15) is 19.8 Å². The van der Waals surface area contributed by atoms with Crippen LogP contribution in [0.3, 0.4) is 0 Å². The second-order valence-electron chi connectivity index (χ2n) is 5.79. The first-order valence-corrected chi connectivity index (χ1v) is 7.55. The third-order valence-corrected chi connectivity index (χ3v) is 4.17. The summed E-state index contributed by atoms with van der Waals surface area (Å²) in [6.45, 7) is 6.00. The summed E-state index contributed by atoms with van der Waals surface area (Å²) in [5.74, 6) is -0.0429. The van der Waals surface area contributed by atoms with Crippen LogP contribution in [0, 0.1) is 11.7 Å². The predicted octanol–water partition coefficient (Wildman–Crippen LogP) is 2.27. The SMILES string of the molecule is CCCN1CC[C@H](Cn2cnc3cccc(F)c3c2=O)C1. The van der Waals surface area contributed by atoms with Crippen LogP contribution in [-0.2, 0) is 6.54 Å². The van der Waals surface area contributed by atoms with Crippen LogP contribution in [0.5, 0.6) is 0 Å². The molecule has 0 radical (unpaired) electrons. The largest absolute Gasteiger partial charge is 0.303 e. The highest BCUT2D eigenvalue weighted by atomic mass is 19.1. The first-order chi connectivity index (χ1) is 10.2. The molecule has 1 aromatic heterocycles. The fraction of sp³-hybridized carbons (Fsp3) is 0.500. The summed E-state index contributed by atoms with van der Waals surface area (Å²) in [6.07, 6.45) is 3.78. The number of aromatic nitrogens is 2. The van der Waals surface area contributed by atoms with Crippen LogP contribution in [0.2, 0.25) is 0 Å². The van der Waals surface area contributed by atoms with E-state index in [2.05, 4.69) is 16.8 Å². The summed E-state index contributed by atoms with van der Waals surface area (Å²) < 4.78 is 15.4. The minimum Gasteiger partial charge on any atom is -0.303 e. The van der Waals surface area contributed by atoms with E-state index < -0.39 is 5.82 Å². The molecule has 4 nitrogen and oxygen atoms in total. The van der Waals surface area contributed by atoms with Crippen molar-refractivity contribution in [2.75, 3.05) is 19.6 Å². The van der Waals surface area contributed by atoms with Crippen LogP contribution in [0.15, 0.2) is 29.3 Å². The van der Waals surface area contributed by atoms with Crippen molar-refractivity contribution in [3.05, 3.63) is 40.7 Å². The highest BCUT2D eigenvalue weighted by molar-refractivity contribution is 5.77. The second-order valence-corrected chi connectivity index (χ2v) is 5.79. The molecule has 1 fully saturated rings. The Balaban J connectivity index is 1.84. The molecular formula is C16H20FN3O.